The molecule has 0 saturated carbocycles. The molecule has 0 unspecified atom stereocenters. The molecule has 2 N–H and O–H groups in total. The van der Waals surface area contributed by atoms with Crippen LogP contribution in [0.1, 0.15) is 16.1 Å². The van der Waals surface area contributed by atoms with Crippen molar-refractivity contribution in [3.63, 3.8) is 0 Å². The Morgan fingerprint density at radius 1 is 1.20 bits per heavy atom. The Hall–Kier alpha value is -3.85. The summed E-state index contributed by atoms with van der Waals surface area (Å²) in [4.78, 5) is 32.8. The molecule has 0 saturated heterocycles. The smallest absolute Gasteiger partial charge is 0.276 e. The van der Waals surface area contributed by atoms with Gasteiger partial charge in [-0.2, -0.15) is 0 Å². The van der Waals surface area contributed by atoms with Crippen LogP contribution >= 0.6 is 11.3 Å². The number of thiazole rings is 1. The molecule has 0 fully saturated rings. The van der Waals surface area contributed by atoms with Gasteiger partial charge in [0.15, 0.2) is 5.13 Å². The lowest BCUT2D eigenvalue weighted by Crippen LogP contribution is -2.16. The Bertz CT molecular complexity index is 1280. The molecular weight excluding hydrogens is 405 g/mol. The minimum absolute atomic E-state index is 0.0221. The minimum atomic E-state index is -0.374. The molecule has 0 spiro atoms. The molecule has 1 aliphatic heterocycles. The number of nitrogens with one attached hydrogen (secondary N) is 2. The van der Waals surface area contributed by atoms with Gasteiger partial charge in [-0.1, -0.05) is 6.07 Å². The predicted molar refractivity (Wildman–Crippen MR) is 111 cm³/mol. The maximum Gasteiger partial charge on any atom is 0.276 e. The second-order valence-corrected chi connectivity index (χ2v) is 7.57. The van der Waals surface area contributed by atoms with Gasteiger partial charge >= 0.3 is 0 Å². The van der Waals surface area contributed by atoms with Crippen LogP contribution in [-0.2, 0) is 11.2 Å². The van der Waals surface area contributed by atoms with E-state index in [0.29, 0.717) is 28.6 Å². The summed E-state index contributed by atoms with van der Waals surface area (Å²) >= 11 is 1.30. The van der Waals surface area contributed by atoms with Gasteiger partial charge in [-0.3, -0.25) is 19.5 Å². The Labute approximate surface area is 174 Å². The van der Waals surface area contributed by atoms with Crippen molar-refractivity contribution in [3.05, 3.63) is 77.4 Å². The van der Waals surface area contributed by atoms with Crippen molar-refractivity contribution in [2.75, 3.05) is 10.6 Å². The molecule has 0 bridgehead atoms. The lowest BCUT2D eigenvalue weighted by atomic mass is 10.1. The molecule has 0 atom stereocenters. The number of hydrogen-bond acceptors (Lipinski definition) is 5. The zero-order chi connectivity index (χ0) is 20.7. The van der Waals surface area contributed by atoms with Crippen molar-refractivity contribution in [2.45, 2.75) is 6.42 Å². The fourth-order valence-corrected chi connectivity index (χ4v) is 4.00. The second-order valence-electron chi connectivity index (χ2n) is 6.71. The summed E-state index contributed by atoms with van der Waals surface area (Å²) in [7, 11) is 0. The largest absolute Gasteiger partial charge is 0.326 e. The first-order chi connectivity index (χ1) is 14.6. The fourth-order valence-electron chi connectivity index (χ4n) is 3.28. The lowest BCUT2D eigenvalue weighted by molar-refractivity contribution is -0.115. The number of amides is 2. The summed E-state index contributed by atoms with van der Waals surface area (Å²) in [5.41, 5.74) is 4.27. The maximum absolute atomic E-state index is 13.2. The Kier molecular flexibility index (Phi) is 4.36. The van der Waals surface area contributed by atoms with Gasteiger partial charge in [0, 0.05) is 22.3 Å². The predicted octanol–water partition coefficient (Wildman–Crippen LogP) is 3.88. The van der Waals surface area contributed by atoms with Crippen molar-refractivity contribution in [2.24, 2.45) is 0 Å². The topological polar surface area (TPSA) is 88.9 Å². The number of imidazole rings is 1. The van der Waals surface area contributed by atoms with E-state index in [1.807, 2.05) is 23.6 Å². The summed E-state index contributed by atoms with van der Waals surface area (Å²) in [6, 6.07) is 11.5. The van der Waals surface area contributed by atoms with Crippen LogP contribution < -0.4 is 10.6 Å². The molecule has 2 amide bonds. The van der Waals surface area contributed by atoms with E-state index in [1.54, 1.807) is 16.7 Å². The quantitative estimate of drug-likeness (QED) is 0.525. The average Bonchev–Trinajstić information content (AvgIpc) is 3.46. The molecule has 30 heavy (non-hydrogen) atoms. The first kappa shape index (κ1) is 18.2. The summed E-state index contributed by atoms with van der Waals surface area (Å²) in [6.45, 7) is 0. The molecule has 7 nitrogen and oxygen atoms in total. The van der Waals surface area contributed by atoms with Gasteiger partial charge in [-0.05, 0) is 42.0 Å². The lowest BCUT2D eigenvalue weighted by Gasteiger charge is -2.07. The first-order valence-corrected chi connectivity index (χ1v) is 9.93. The number of halogens is 1. The van der Waals surface area contributed by atoms with Crippen LogP contribution in [0.4, 0.5) is 15.2 Å². The summed E-state index contributed by atoms with van der Waals surface area (Å²) in [5, 5.41) is 7.87. The van der Waals surface area contributed by atoms with Gasteiger partial charge < -0.3 is 5.32 Å². The van der Waals surface area contributed by atoms with Crippen LogP contribution in [0.25, 0.3) is 16.9 Å². The average molecular weight is 419 g/mol. The van der Waals surface area contributed by atoms with Crippen LogP contribution in [0.2, 0.25) is 0 Å². The third kappa shape index (κ3) is 3.35. The van der Waals surface area contributed by atoms with E-state index in [4.69, 9.17) is 0 Å². The normalized spacial score (nSPS) is 12.5. The van der Waals surface area contributed by atoms with Crippen molar-refractivity contribution in [1.29, 1.82) is 0 Å². The second kappa shape index (κ2) is 7.20. The third-order valence-electron chi connectivity index (χ3n) is 4.73. The van der Waals surface area contributed by atoms with Gasteiger partial charge in [0.05, 0.1) is 24.6 Å². The van der Waals surface area contributed by atoms with Gasteiger partial charge in [0.2, 0.25) is 5.91 Å². The van der Waals surface area contributed by atoms with E-state index in [2.05, 4.69) is 20.6 Å². The number of fused-ring (bicyclic) bond motifs is 1. The number of nitrogens with zero attached hydrogens (tertiary/aromatic N) is 3. The molecule has 148 valence electrons. The highest BCUT2D eigenvalue weighted by Gasteiger charge is 2.19. The van der Waals surface area contributed by atoms with Crippen molar-refractivity contribution in [3.8, 4) is 16.9 Å². The molecule has 9 heteroatoms. The van der Waals surface area contributed by atoms with Crippen molar-refractivity contribution < 1.29 is 14.0 Å². The number of aromatic nitrogens is 3. The molecule has 4 aromatic rings. The number of benzene rings is 2. The van der Waals surface area contributed by atoms with Crippen LogP contribution in [0, 0.1) is 5.82 Å². The highest BCUT2D eigenvalue weighted by Crippen LogP contribution is 2.31. The minimum Gasteiger partial charge on any atom is -0.326 e. The zero-order valence-corrected chi connectivity index (χ0v) is 16.2. The van der Waals surface area contributed by atoms with Gasteiger partial charge in [0.1, 0.15) is 11.5 Å². The SMILES string of the molecule is O=C1Cc2cc(-c3csc(NC(=O)c4cncn4-c4ccc(F)cc4)n3)ccc2N1. The Balaban J connectivity index is 1.36. The van der Waals surface area contributed by atoms with Crippen LogP contribution in [0.15, 0.2) is 60.4 Å². The third-order valence-corrected chi connectivity index (χ3v) is 5.48. The van der Waals surface area contributed by atoms with E-state index >= 15 is 0 Å². The standard InChI is InChI=1S/C21H14FN5O2S/c22-14-2-4-15(5-3-14)27-11-23-9-18(27)20(29)26-21-25-17(10-30-21)12-1-6-16-13(7-12)8-19(28)24-16/h1-7,9-11H,8H2,(H,24,28)(H,25,26,29). The van der Waals surface area contributed by atoms with Gasteiger partial charge in [-0.15, -0.1) is 11.3 Å². The molecule has 3 heterocycles. The van der Waals surface area contributed by atoms with E-state index in [9.17, 15) is 14.0 Å². The molecular formula is C21H14FN5O2S. The monoisotopic (exact) mass is 419 g/mol. The number of carbonyl (C=O) groups is 2. The number of hydrogen-bond donors (Lipinski definition) is 2. The molecule has 5 rings (SSSR count). The molecule has 2 aromatic carbocycles. The van der Waals surface area contributed by atoms with E-state index in [0.717, 1.165) is 16.8 Å². The summed E-state index contributed by atoms with van der Waals surface area (Å²) in [6.07, 6.45) is 3.29. The highest BCUT2D eigenvalue weighted by molar-refractivity contribution is 7.14. The van der Waals surface area contributed by atoms with E-state index in [1.165, 1.54) is 36.0 Å². The number of rotatable bonds is 4. The van der Waals surface area contributed by atoms with Gasteiger partial charge in [0.25, 0.3) is 5.91 Å². The van der Waals surface area contributed by atoms with Crippen LogP contribution in [0.5, 0.6) is 0 Å². The molecule has 0 aliphatic carbocycles. The summed E-state index contributed by atoms with van der Waals surface area (Å²) in [5.74, 6) is -0.750. The van der Waals surface area contributed by atoms with E-state index < -0.39 is 0 Å². The van der Waals surface area contributed by atoms with Crippen LogP contribution in [0.3, 0.4) is 0 Å². The Morgan fingerprint density at radius 2 is 2.03 bits per heavy atom. The highest BCUT2D eigenvalue weighted by atomic mass is 32.1. The Morgan fingerprint density at radius 3 is 2.87 bits per heavy atom. The molecule has 1 aliphatic rings. The first-order valence-electron chi connectivity index (χ1n) is 9.05. The zero-order valence-electron chi connectivity index (χ0n) is 15.4. The maximum atomic E-state index is 13.2. The van der Waals surface area contributed by atoms with E-state index in [-0.39, 0.29) is 17.6 Å². The van der Waals surface area contributed by atoms with Crippen LogP contribution in [-0.4, -0.2) is 26.3 Å². The molecule has 0 radical (unpaired) electrons. The molecule has 2 aromatic heterocycles. The number of carbonyl (C=O) groups excluding carboxylic acids is 2. The van der Waals surface area contributed by atoms with Crippen molar-refractivity contribution in [1.82, 2.24) is 14.5 Å². The number of anilines is 2. The fraction of sp³-hybridized carbons (Fsp3) is 0.0476. The van der Waals surface area contributed by atoms with Gasteiger partial charge in [-0.25, -0.2) is 14.4 Å². The summed E-state index contributed by atoms with van der Waals surface area (Å²) < 4.78 is 14.8. The van der Waals surface area contributed by atoms with Crippen molar-refractivity contribution >= 4 is 34.0 Å².